The fourth-order valence-electron chi connectivity index (χ4n) is 1.94. The Kier molecular flexibility index (Phi) is 2.22. The van der Waals surface area contributed by atoms with Crippen LogP contribution in [0.1, 0.15) is 31.2 Å². The highest BCUT2D eigenvalue weighted by Crippen LogP contribution is 2.41. The summed E-state index contributed by atoms with van der Waals surface area (Å²) < 4.78 is 1.21. The van der Waals surface area contributed by atoms with Crippen molar-refractivity contribution in [2.45, 2.75) is 25.7 Å². The molecule has 0 radical (unpaired) electrons. The fourth-order valence-corrected chi connectivity index (χ4v) is 2.35. The molecule has 0 aromatic heterocycles. The van der Waals surface area contributed by atoms with Crippen LogP contribution in [0.15, 0.2) is 28.7 Å². The van der Waals surface area contributed by atoms with Crippen LogP contribution in [0, 0.1) is 5.92 Å². The van der Waals surface area contributed by atoms with Gasteiger partial charge in [-0.3, -0.25) is 0 Å². The molecule has 0 aliphatic heterocycles. The van der Waals surface area contributed by atoms with E-state index in [-0.39, 0.29) is 0 Å². The molecule has 0 spiro atoms. The zero-order chi connectivity index (χ0) is 8.55. The summed E-state index contributed by atoms with van der Waals surface area (Å²) in [5, 5.41) is 0. The van der Waals surface area contributed by atoms with Crippen molar-refractivity contribution in [2.75, 3.05) is 0 Å². The average molecular weight is 225 g/mol. The van der Waals surface area contributed by atoms with Crippen LogP contribution in [0.3, 0.4) is 0 Å². The van der Waals surface area contributed by atoms with Gasteiger partial charge >= 0.3 is 0 Å². The molecule has 1 aromatic carbocycles. The Hall–Kier alpha value is -0.300. The molecular weight excluding hydrogens is 212 g/mol. The predicted octanol–water partition coefficient (Wildman–Crippen LogP) is 3.96. The molecule has 2 rings (SSSR count). The highest BCUT2D eigenvalue weighted by Gasteiger charge is 2.26. The number of hydrogen-bond acceptors (Lipinski definition) is 0. The zero-order valence-electron chi connectivity index (χ0n) is 7.26. The summed E-state index contributed by atoms with van der Waals surface area (Å²) in [7, 11) is 0. The van der Waals surface area contributed by atoms with Crippen LogP contribution in [-0.4, -0.2) is 0 Å². The van der Waals surface area contributed by atoms with E-state index in [4.69, 9.17) is 0 Å². The minimum Gasteiger partial charge on any atom is -0.0625 e. The highest BCUT2D eigenvalue weighted by atomic mass is 79.9. The molecule has 0 saturated heterocycles. The van der Waals surface area contributed by atoms with Crippen molar-refractivity contribution in [3.8, 4) is 0 Å². The van der Waals surface area contributed by atoms with Gasteiger partial charge in [0.15, 0.2) is 0 Å². The Morgan fingerprint density at radius 2 is 2.08 bits per heavy atom. The van der Waals surface area contributed by atoms with Gasteiger partial charge in [-0.1, -0.05) is 35.0 Å². The molecular formula is C11H13Br. The van der Waals surface area contributed by atoms with Crippen LogP contribution >= 0.6 is 15.9 Å². The second-order valence-electron chi connectivity index (χ2n) is 3.83. The van der Waals surface area contributed by atoms with E-state index >= 15 is 0 Å². The van der Waals surface area contributed by atoms with Gasteiger partial charge in [0, 0.05) is 4.47 Å². The fraction of sp³-hybridized carbons (Fsp3) is 0.455. The molecule has 0 heterocycles. The summed E-state index contributed by atoms with van der Waals surface area (Å²) in [6.45, 7) is 2.33. The van der Waals surface area contributed by atoms with Gasteiger partial charge < -0.3 is 0 Å². The second kappa shape index (κ2) is 3.21. The van der Waals surface area contributed by atoms with Crippen LogP contribution in [0.5, 0.6) is 0 Å². The number of rotatable bonds is 1. The van der Waals surface area contributed by atoms with Crippen molar-refractivity contribution < 1.29 is 0 Å². The SMILES string of the molecule is CC1CC(c2cccc(Br)c2)C1. The molecule has 0 nitrogen and oxygen atoms in total. The molecule has 1 aromatic rings. The molecule has 0 amide bonds. The molecule has 0 unspecified atom stereocenters. The van der Waals surface area contributed by atoms with E-state index in [1.807, 2.05) is 0 Å². The number of halogens is 1. The summed E-state index contributed by atoms with van der Waals surface area (Å²) in [4.78, 5) is 0. The molecule has 1 saturated carbocycles. The Balaban J connectivity index is 2.13. The van der Waals surface area contributed by atoms with Crippen molar-refractivity contribution in [3.05, 3.63) is 34.3 Å². The Morgan fingerprint density at radius 3 is 2.67 bits per heavy atom. The molecule has 1 aliphatic rings. The van der Waals surface area contributed by atoms with Crippen molar-refractivity contribution in [3.63, 3.8) is 0 Å². The molecule has 64 valence electrons. The summed E-state index contributed by atoms with van der Waals surface area (Å²) in [6, 6.07) is 8.70. The van der Waals surface area contributed by atoms with E-state index in [9.17, 15) is 0 Å². The van der Waals surface area contributed by atoms with E-state index in [0.717, 1.165) is 11.8 Å². The molecule has 1 fully saturated rings. The third-order valence-electron chi connectivity index (χ3n) is 2.69. The lowest BCUT2D eigenvalue weighted by atomic mass is 9.72. The van der Waals surface area contributed by atoms with E-state index in [0.29, 0.717) is 0 Å². The van der Waals surface area contributed by atoms with Gasteiger partial charge in [-0.15, -0.1) is 0 Å². The minimum absolute atomic E-state index is 0.831. The standard InChI is InChI=1S/C11H13Br/c1-8-5-10(6-8)9-3-2-4-11(12)7-9/h2-4,7-8,10H,5-6H2,1H3. The van der Waals surface area contributed by atoms with Crippen molar-refractivity contribution in [1.82, 2.24) is 0 Å². The lowest BCUT2D eigenvalue weighted by Gasteiger charge is -2.33. The maximum Gasteiger partial charge on any atom is 0.0178 e. The van der Waals surface area contributed by atoms with Crippen molar-refractivity contribution in [2.24, 2.45) is 5.92 Å². The topological polar surface area (TPSA) is 0 Å². The van der Waals surface area contributed by atoms with Crippen LogP contribution < -0.4 is 0 Å². The zero-order valence-corrected chi connectivity index (χ0v) is 8.84. The largest absolute Gasteiger partial charge is 0.0625 e. The van der Waals surface area contributed by atoms with E-state index in [1.165, 1.54) is 22.9 Å². The number of benzene rings is 1. The third-order valence-corrected chi connectivity index (χ3v) is 3.19. The first-order chi connectivity index (χ1) is 5.75. The lowest BCUT2D eigenvalue weighted by Crippen LogP contribution is -2.18. The van der Waals surface area contributed by atoms with E-state index in [1.54, 1.807) is 0 Å². The van der Waals surface area contributed by atoms with E-state index in [2.05, 4.69) is 47.1 Å². The van der Waals surface area contributed by atoms with Gasteiger partial charge in [0.2, 0.25) is 0 Å². The van der Waals surface area contributed by atoms with Crippen LogP contribution in [-0.2, 0) is 0 Å². The summed E-state index contributed by atoms with van der Waals surface area (Å²) >= 11 is 3.50. The van der Waals surface area contributed by atoms with Gasteiger partial charge in [0.05, 0.1) is 0 Å². The van der Waals surface area contributed by atoms with Crippen molar-refractivity contribution in [1.29, 1.82) is 0 Å². The molecule has 1 heteroatoms. The lowest BCUT2D eigenvalue weighted by molar-refractivity contribution is 0.288. The predicted molar refractivity (Wildman–Crippen MR) is 55.3 cm³/mol. The highest BCUT2D eigenvalue weighted by molar-refractivity contribution is 9.10. The normalized spacial score (nSPS) is 28.2. The Bertz CT molecular complexity index is 274. The first-order valence-corrected chi connectivity index (χ1v) is 5.30. The summed E-state index contributed by atoms with van der Waals surface area (Å²) in [6.07, 6.45) is 2.74. The average Bonchev–Trinajstić information content (AvgIpc) is 1.99. The smallest absolute Gasteiger partial charge is 0.0178 e. The van der Waals surface area contributed by atoms with Crippen LogP contribution in [0.4, 0.5) is 0 Å². The van der Waals surface area contributed by atoms with Crippen LogP contribution in [0.25, 0.3) is 0 Å². The number of hydrogen-bond donors (Lipinski definition) is 0. The summed E-state index contributed by atoms with van der Waals surface area (Å²) in [5.41, 5.74) is 1.50. The molecule has 12 heavy (non-hydrogen) atoms. The molecule has 0 bridgehead atoms. The van der Waals surface area contributed by atoms with Crippen molar-refractivity contribution >= 4 is 15.9 Å². The monoisotopic (exact) mass is 224 g/mol. The van der Waals surface area contributed by atoms with Gasteiger partial charge in [-0.25, -0.2) is 0 Å². The quantitative estimate of drug-likeness (QED) is 0.678. The van der Waals surface area contributed by atoms with Gasteiger partial charge in [0.1, 0.15) is 0 Å². The second-order valence-corrected chi connectivity index (χ2v) is 4.74. The van der Waals surface area contributed by atoms with E-state index < -0.39 is 0 Å². The molecule has 0 atom stereocenters. The first kappa shape index (κ1) is 8.31. The van der Waals surface area contributed by atoms with Gasteiger partial charge in [0.25, 0.3) is 0 Å². The summed E-state index contributed by atoms with van der Waals surface area (Å²) in [5.74, 6) is 1.77. The molecule has 1 aliphatic carbocycles. The maximum atomic E-state index is 3.50. The minimum atomic E-state index is 0.831. The third kappa shape index (κ3) is 1.56. The first-order valence-electron chi connectivity index (χ1n) is 4.51. The maximum absolute atomic E-state index is 3.50. The Morgan fingerprint density at radius 1 is 1.33 bits per heavy atom. The van der Waals surface area contributed by atoms with Gasteiger partial charge in [-0.2, -0.15) is 0 Å². The van der Waals surface area contributed by atoms with Gasteiger partial charge in [-0.05, 0) is 42.4 Å². The van der Waals surface area contributed by atoms with Crippen LogP contribution in [0.2, 0.25) is 0 Å². The Labute approximate surface area is 82.1 Å². The molecule has 0 N–H and O–H groups in total.